The molecule has 1 rings (SSSR count). The van der Waals surface area contributed by atoms with Gasteiger partial charge in [-0.1, -0.05) is 46.0 Å². The van der Waals surface area contributed by atoms with Gasteiger partial charge in [-0.2, -0.15) is 0 Å². The number of ether oxygens (including phenoxy) is 1. The van der Waals surface area contributed by atoms with Crippen molar-refractivity contribution in [1.29, 1.82) is 0 Å². The number of benzene rings is 1. The lowest BCUT2D eigenvalue weighted by Crippen LogP contribution is -2.14. The van der Waals surface area contributed by atoms with E-state index < -0.39 is 0 Å². The van der Waals surface area contributed by atoms with Gasteiger partial charge < -0.3 is 10.1 Å². The molecule has 0 fully saturated rings. The van der Waals surface area contributed by atoms with Crippen LogP contribution in [0, 0.1) is 0 Å². The zero-order valence-corrected chi connectivity index (χ0v) is 13.5. The van der Waals surface area contributed by atoms with E-state index in [1.807, 2.05) is 12.1 Å². The Labute approximate surface area is 124 Å². The molecule has 0 heterocycles. The molecule has 1 unspecified atom stereocenters. The number of unbranched alkanes of at least 4 members (excludes halogenated alkanes) is 4. The van der Waals surface area contributed by atoms with Crippen LogP contribution >= 0.6 is 0 Å². The first-order valence-electron chi connectivity index (χ1n) is 8.25. The van der Waals surface area contributed by atoms with Gasteiger partial charge in [0.2, 0.25) is 0 Å². The predicted molar refractivity (Wildman–Crippen MR) is 88.7 cm³/mol. The predicted octanol–water partition coefficient (Wildman–Crippen LogP) is 5.64. The minimum Gasteiger partial charge on any atom is -0.494 e. The summed E-state index contributed by atoms with van der Waals surface area (Å²) in [5.41, 5.74) is 1.19. The lowest BCUT2D eigenvalue weighted by molar-refractivity contribution is 0.317. The highest BCUT2D eigenvalue weighted by Gasteiger charge is 2.02. The zero-order valence-electron chi connectivity index (χ0n) is 13.5. The molecule has 0 bridgehead atoms. The molecule has 20 heavy (non-hydrogen) atoms. The minimum atomic E-state index is 0.541. The summed E-state index contributed by atoms with van der Waals surface area (Å²) in [7, 11) is 0. The molecule has 2 nitrogen and oxygen atoms in total. The molecule has 1 aromatic carbocycles. The lowest BCUT2D eigenvalue weighted by Gasteiger charge is -2.15. The van der Waals surface area contributed by atoms with Crippen LogP contribution in [0.1, 0.15) is 65.7 Å². The van der Waals surface area contributed by atoms with Gasteiger partial charge in [0.05, 0.1) is 6.61 Å². The van der Waals surface area contributed by atoms with Crippen molar-refractivity contribution in [2.24, 2.45) is 0 Å². The van der Waals surface area contributed by atoms with Gasteiger partial charge in [-0.05, 0) is 44.0 Å². The molecule has 0 aliphatic rings. The Morgan fingerprint density at radius 2 is 1.65 bits per heavy atom. The normalized spacial score (nSPS) is 12.2. The van der Waals surface area contributed by atoms with E-state index in [1.54, 1.807) is 0 Å². The maximum absolute atomic E-state index is 5.59. The summed E-state index contributed by atoms with van der Waals surface area (Å²) in [6.45, 7) is 7.44. The number of rotatable bonds is 11. The third kappa shape index (κ3) is 7.42. The molecule has 0 radical (unpaired) electrons. The van der Waals surface area contributed by atoms with Crippen molar-refractivity contribution in [1.82, 2.24) is 0 Å². The van der Waals surface area contributed by atoms with Crippen molar-refractivity contribution >= 4 is 5.69 Å². The highest BCUT2D eigenvalue weighted by molar-refractivity contribution is 5.46. The van der Waals surface area contributed by atoms with E-state index >= 15 is 0 Å². The van der Waals surface area contributed by atoms with Crippen LogP contribution in [0.5, 0.6) is 5.75 Å². The third-order valence-electron chi connectivity index (χ3n) is 3.48. The summed E-state index contributed by atoms with van der Waals surface area (Å²) in [5.74, 6) is 0.963. The number of hydrogen-bond acceptors (Lipinski definition) is 2. The summed E-state index contributed by atoms with van der Waals surface area (Å²) < 4.78 is 5.59. The van der Waals surface area contributed by atoms with Gasteiger partial charge in [-0.25, -0.2) is 0 Å². The molecule has 1 N–H and O–H groups in total. The van der Waals surface area contributed by atoms with E-state index in [2.05, 4.69) is 38.2 Å². The molecule has 0 amide bonds. The van der Waals surface area contributed by atoms with E-state index in [9.17, 15) is 0 Å². The molecule has 0 aliphatic heterocycles. The Kier molecular flexibility index (Phi) is 8.93. The van der Waals surface area contributed by atoms with Crippen molar-refractivity contribution < 1.29 is 4.74 Å². The molecule has 114 valence electrons. The smallest absolute Gasteiger partial charge is 0.119 e. The summed E-state index contributed by atoms with van der Waals surface area (Å²) >= 11 is 0. The highest BCUT2D eigenvalue weighted by Crippen LogP contribution is 2.18. The van der Waals surface area contributed by atoms with Crippen molar-refractivity contribution in [2.75, 3.05) is 11.9 Å². The molecule has 0 saturated carbocycles. The molecule has 1 atom stereocenters. The van der Waals surface area contributed by atoms with Crippen LogP contribution in [0.15, 0.2) is 24.3 Å². The maximum atomic E-state index is 5.59. The van der Waals surface area contributed by atoms with E-state index in [4.69, 9.17) is 4.74 Å². The first-order chi connectivity index (χ1) is 9.76. The monoisotopic (exact) mass is 277 g/mol. The average Bonchev–Trinajstić information content (AvgIpc) is 2.46. The van der Waals surface area contributed by atoms with Crippen LogP contribution in [-0.2, 0) is 0 Å². The summed E-state index contributed by atoms with van der Waals surface area (Å²) in [6, 6.07) is 8.86. The summed E-state index contributed by atoms with van der Waals surface area (Å²) in [4.78, 5) is 0. The fourth-order valence-corrected chi connectivity index (χ4v) is 2.28. The highest BCUT2D eigenvalue weighted by atomic mass is 16.5. The topological polar surface area (TPSA) is 21.3 Å². The van der Waals surface area contributed by atoms with E-state index in [-0.39, 0.29) is 0 Å². The SMILES string of the molecule is CCCCCCCC(C)Nc1ccc(OCCC)cc1. The second kappa shape index (κ2) is 10.6. The lowest BCUT2D eigenvalue weighted by atomic mass is 10.1. The first kappa shape index (κ1) is 16.9. The van der Waals surface area contributed by atoms with E-state index in [0.717, 1.165) is 18.8 Å². The number of hydrogen-bond donors (Lipinski definition) is 1. The number of nitrogens with one attached hydrogen (secondary N) is 1. The molecule has 0 aliphatic carbocycles. The fraction of sp³-hybridized carbons (Fsp3) is 0.667. The van der Waals surface area contributed by atoms with Crippen LogP contribution in [0.2, 0.25) is 0 Å². The van der Waals surface area contributed by atoms with Crippen molar-refractivity contribution in [3.63, 3.8) is 0 Å². The quantitative estimate of drug-likeness (QED) is 0.529. The third-order valence-corrected chi connectivity index (χ3v) is 3.48. The van der Waals surface area contributed by atoms with Gasteiger partial charge >= 0.3 is 0 Å². The average molecular weight is 277 g/mol. The van der Waals surface area contributed by atoms with Gasteiger partial charge in [0.25, 0.3) is 0 Å². The second-order valence-corrected chi connectivity index (χ2v) is 5.62. The first-order valence-corrected chi connectivity index (χ1v) is 8.25. The zero-order chi connectivity index (χ0) is 14.6. The second-order valence-electron chi connectivity index (χ2n) is 5.62. The Hall–Kier alpha value is -1.18. The Morgan fingerprint density at radius 1 is 0.950 bits per heavy atom. The number of anilines is 1. The summed E-state index contributed by atoms with van der Waals surface area (Å²) in [6.07, 6.45) is 9.07. The van der Waals surface area contributed by atoms with Crippen molar-refractivity contribution in [2.45, 2.75) is 71.8 Å². The van der Waals surface area contributed by atoms with Crippen LogP contribution in [0.25, 0.3) is 0 Å². The molecular weight excluding hydrogens is 246 g/mol. The Bertz CT molecular complexity index is 334. The van der Waals surface area contributed by atoms with Gasteiger partial charge in [-0.3, -0.25) is 0 Å². The van der Waals surface area contributed by atoms with Crippen LogP contribution in [0.4, 0.5) is 5.69 Å². The van der Waals surface area contributed by atoms with Crippen LogP contribution in [-0.4, -0.2) is 12.6 Å². The fourth-order valence-electron chi connectivity index (χ4n) is 2.28. The van der Waals surface area contributed by atoms with E-state index in [0.29, 0.717) is 6.04 Å². The van der Waals surface area contributed by atoms with Gasteiger partial charge in [-0.15, -0.1) is 0 Å². The van der Waals surface area contributed by atoms with Gasteiger partial charge in [0.15, 0.2) is 0 Å². The van der Waals surface area contributed by atoms with Gasteiger partial charge in [0, 0.05) is 11.7 Å². The molecule has 0 saturated heterocycles. The van der Waals surface area contributed by atoms with E-state index in [1.165, 1.54) is 44.2 Å². The Morgan fingerprint density at radius 3 is 2.30 bits per heavy atom. The maximum Gasteiger partial charge on any atom is 0.119 e. The van der Waals surface area contributed by atoms with Crippen molar-refractivity contribution in [3.05, 3.63) is 24.3 Å². The largest absolute Gasteiger partial charge is 0.494 e. The molecule has 2 heteroatoms. The van der Waals surface area contributed by atoms with Crippen molar-refractivity contribution in [3.8, 4) is 5.75 Å². The molecule has 0 aromatic heterocycles. The molecule has 1 aromatic rings. The Balaban J connectivity index is 2.22. The van der Waals surface area contributed by atoms with Gasteiger partial charge in [0.1, 0.15) is 5.75 Å². The van der Waals surface area contributed by atoms with Crippen LogP contribution in [0.3, 0.4) is 0 Å². The standard InChI is InChI=1S/C18H31NO/c1-4-6-7-8-9-10-16(3)19-17-11-13-18(14-12-17)20-15-5-2/h11-14,16,19H,4-10,15H2,1-3H3. The minimum absolute atomic E-state index is 0.541. The molecular formula is C18H31NO. The summed E-state index contributed by atoms with van der Waals surface area (Å²) in [5, 5.41) is 3.56. The molecule has 0 spiro atoms. The van der Waals surface area contributed by atoms with Crippen LogP contribution < -0.4 is 10.1 Å².